The Bertz CT molecular complexity index is 1670. The number of hydrogen-bond donors (Lipinski definition) is 1. The Morgan fingerprint density at radius 3 is 2.50 bits per heavy atom. The molecule has 0 aliphatic heterocycles. The zero-order valence-corrected chi connectivity index (χ0v) is 22.4. The lowest BCUT2D eigenvalue weighted by Crippen LogP contribution is -2.24. The van der Waals surface area contributed by atoms with Gasteiger partial charge >= 0.3 is 0 Å². The van der Waals surface area contributed by atoms with Crippen LogP contribution in [0.3, 0.4) is 0 Å². The number of carbonyl (C=O) groups excluding carboxylic acids is 1. The minimum Gasteiger partial charge on any atom is -0.497 e. The van der Waals surface area contributed by atoms with Gasteiger partial charge < -0.3 is 14.6 Å². The number of aromatic nitrogens is 2. The number of anilines is 1. The highest BCUT2D eigenvalue weighted by Crippen LogP contribution is 2.33. The molecule has 6 nitrogen and oxygen atoms in total. The fraction of sp³-hybridized carbons (Fsp3) is 0.194. The summed E-state index contributed by atoms with van der Waals surface area (Å²) in [7, 11) is 1.63. The molecular weight excluding hydrogens is 492 g/mol. The topological polar surface area (TPSA) is 79.9 Å². The van der Waals surface area contributed by atoms with E-state index in [4.69, 9.17) is 9.72 Å². The van der Waals surface area contributed by atoms with Crippen LogP contribution in [-0.2, 0) is 11.3 Å². The summed E-state index contributed by atoms with van der Waals surface area (Å²) < 4.78 is 7.53. The maximum atomic E-state index is 13.4. The molecule has 0 fully saturated rings. The zero-order chi connectivity index (χ0) is 26.6. The summed E-state index contributed by atoms with van der Waals surface area (Å²) >= 11 is 1.32. The van der Waals surface area contributed by atoms with E-state index in [1.165, 1.54) is 22.7 Å². The molecule has 7 heteroatoms. The molecule has 1 unspecified atom stereocenters. The third kappa shape index (κ3) is 4.83. The maximum Gasteiger partial charge on any atom is 0.237 e. The van der Waals surface area contributed by atoms with Gasteiger partial charge in [0, 0.05) is 39.6 Å². The van der Waals surface area contributed by atoms with Crippen LogP contribution >= 0.6 is 11.8 Å². The van der Waals surface area contributed by atoms with Gasteiger partial charge in [-0.05, 0) is 74.0 Å². The summed E-state index contributed by atoms with van der Waals surface area (Å²) in [5.41, 5.74) is 5.18. The SMILES string of the molecule is CCC(Sc1nc(-c2ccc(OC)cc2)ccc1C#N)C(=O)Nc1ccc2c(c1)c1ccccc1n2CC. The lowest BCUT2D eigenvalue weighted by molar-refractivity contribution is -0.115. The third-order valence-electron chi connectivity index (χ3n) is 6.64. The number of nitrogens with zero attached hydrogens (tertiary/aromatic N) is 3. The van der Waals surface area contributed by atoms with Crippen LogP contribution in [-0.4, -0.2) is 27.8 Å². The van der Waals surface area contributed by atoms with Gasteiger partial charge in [0.2, 0.25) is 5.91 Å². The Morgan fingerprint density at radius 1 is 1.03 bits per heavy atom. The first-order valence-corrected chi connectivity index (χ1v) is 13.5. The number of hydrogen-bond acceptors (Lipinski definition) is 5. The maximum absolute atomic E-state index is 13.4. The van der Waals surface area contributed by atoms with E-state index >= 15 is 0 Å². The average Bonchev–Trinajstić information content (AvgIpc) is 3.28. The highest BCUT2D eigenvalue weighted by molar-refractivity contribution is 8.00. The highest BCUT2D eigenvalue weighted by Gasteiger charge is 2.22. The first-order valence-electron chi connectivity index (χ1n) is 12.6. The van der Waals surface area contributed by atoms with Gasteiger partial charge in [-0.15, -0.1) is 0 Å². The van der Waals surface area contributed by atoms with Crippen LogP contribution in [0.15, 0.2) is 83.9 Å². The van der Waals surface area contributed by atoms with Gasteiger partial charge in [0.1, 0.15) is 16.8 Å². The smallest absolute Gasteiger partial charge is 0.237 e. The number of amides is 1. The van der Waals surface area contributed by atoms with Crippen molar-refractivity contribution >= 4 is 45.2 Å². The average molecular weight is 521 g/mol. The summed E-state index contributed by atoms with van der Waals surface area (Å²) in [6.45, 7) is 4.97. The van der Waals surface area contributed by atoms with Crippen LogP contribution in [0.2, 0.25) is 0 Å². The van der Waals surface area contributed by atoms with Crippen molar-refractivity contribution in [2.75, 3.05) is 12.4 Å². The zero-order valence-electron chi connectivity index (χ0n) is 21.6. The number of rotatable bonds is 8. The first-order chi connectivity index (χ1) is 18.6. The van der Waals surface area contributed by atoms with Crippen LogP contribution in [0.1, 0.15) is 25.8 Å². The molecule has 0 saturated carbocycles. The number of benzene rings is 3. The molecular formula is C31H28N4O2S. The van der Waals surface area contributed by atoms with Crippen LogP contribution in [0, 0.1) is 11.3 Å². The second-order valence-electron chi connectivity index (χ2n) is 8.89. The predicted molar refractivity (Wildman–Crippen MR) is 155 cm³/mol. The molecule has 0 aliphatic carbocycles. The fourth-order valence-electron chi connectivity index (χ4n) is 4.69. The molecule has 1 atom stereocenters. The summed E-state index contributed by atoms with van der Waals surface area (Å²) in [5, 5.41) is 15.2. The van der Waals surface area contributed by atoms with Crippen molar-refractivity contribution in [3.8, 4) is 23.1 Å². The Labute approximate surface area is 226 Å². The molecule has 38 heavy (non-hydrogen) atoms. The van der Waals surface area contributed by atoms with Crippen molar-refractivity contribution in [2.45, 2.75) is 37.1 Å². The van der Waals surface area contributed by atoms with Crippen LogP contribution < -0.4 is 10.1 Å². The van der Waals surface area contributed by atoms with Crippen molar-refractivity contribution in [1.82, 2.24) is 9.55 Å². The number of nitriles is 1. The van der Waals surface area contributed by atoms with E-state index in [0.29, 0.717) is 17.0 Å². The second-order valence-corrected chi connectivity index (χ2v) is 10.1. The number of thioether (sulfide) groups is 1. The minimum atomic E-state index is -0.409. The molecule has 0 radical (unpaired) electrons. The molecule has 2 heterocycles. The van der Waals surface area contributed by atoms with Gasteiger partial charge in [-0.3, -0.25) is 4.79 Å². The summed E-state index contributed by atoms with van der Waals surface area (Å²) in [6, 6.07) is 27.8. The number of carbonyl (C=O) groups is 1. The van der Waals surface area contributed by atoms with Gasteiger partial charge in [0.15, 0.2) is 0 Å². The van der Waals surface area contributed by atoms with Crippen molar-refractivity contribution in [3.05, 3.63) is 84.4 Å². The van der Waals surface area contributed by atoms with E-state index < -0.39 is 5.25 Å². The molecule has 3 aromatic carbocycles. The molecule has 0 aliphatic rings. The molecule has 0 spiro atoms. The van der Waals surface area contributed by atoms with E-state index in [0.717, 1.165) is 40.1 Å². The lowest BCUT2D eigenvalue weighted by Gasteiger charge is -2.16. The molecule has 1 amide bonds. The van der Waals surface area contributed by atoms with Crippen molar-refractivity contribution in [1.29, 1.82) is 5.26 Å². The number of para-hydroxylation sites is 1. The van der Waals surface area contributed by atoms with Crippen molar-refractivity contribution in [3.63, 3.8) is 0 Å². The normalized spacial score (nSPS) is 11.8. The molecule has 190 valence electrons. The number of pyridine rings is 1. The third-order valence-corrected chi connectivity index (χ3v) is 8.01. The van der Waals surface area contributed by atoms with Crippen LogP contribution in [0.4, 0.5) is 5.69 Å². The highest BCUT2D eigenvalue weighted by atomic mass is 32.2. The number of nitrogens with one attached hydrogen (secondary N) is 1. The quantitative estimate of drug-likeness (QED) is 0.218. The summed E-state index contributed by atoms with van der Waals surface area (Å²) in [5.74, 6) is 0.647. The Kier molecular flexibility index (Phi) is 7.34. The molecule has 0 saturated heterocycles. The number of ether oxygens (including phenoxy) is 1. The summed E-state index contributed by atoms with van der Waals surface area (Å²) in [6.07, 6.45) is 0.590. The monoisotopic (exact) mass is 520 g/mol. The number of fused-ring (bicyclic) bond motifs is 3. The van der Waals surface area contributed by atoms with Crippen LogP contribution in [0.25, 0.3) is 33.1 Å². The molecule has 1 N–H and O–H groups in total. The van der Waals surface area contributed by atoms with E-state index in [1.54, 1.807) is 13.2 Å². The molecule has 5 aromatic rings. The van der Waals surface area contributed by atoms with E-state index in [1.807, 2.05) is 61.5 Å². The molecule has 0 bridgehead atoms. The van der Waals surface area contributed by atoms with Crippen LogP contribution in [0.5, 0.6) is 5.75 Å². The minimum absolute atomic E-state index is 0.114. The van der Waals surface area contributed by atoms with Crippen molar-refractivity contribution < 1.29 is 9.53 Å². The van der Waals surface area contributed by atoms with E-state index in [2.05, 4.69) is 41.1 Å². The summed E-state index contributed by atoms with van der Waals surface area (Å²) in [4.78, 5) is 18.1. The second kappa shape index (κ2) is 11.0. The lowest BCUT2D eigenvalue weighted by atomic mass is 10.1. The van der Waals surface area contributed by atoms with Gasteiger partial charge in [-0.2, -0.15) is 5.26 Å². The Hall–Kier alpha value is -4.28. The predicted octanol–water partition coefficient (Wildman–Crippen LogP) is 7.27. The van der Waals surface area contributed by atoms with E-state index in [-0.39, 0.29) is 5.91 Å². The van der Waals surface area contributed by atoms with E-state index in [9.17, 15) is 10.1 Å². The fourth-order valence-corrected chi connectivity index (χ4v) is 5.68. The largest absolute Gasteiger partial charge is 0.497 e. The Balaban J connectivity index is 1.40. The van der Waals surface area contributed by atoms with Gasteiger partial charge in [-0.1, -0.05) is 36.9 Å². The number of methoxy groups -OCH3 is 1. The van der Waals surface area contributed by atoms with Gasteiger partial charge in [-0.25, -0.2) is 4.98 Å². The van der Waals surface area contributed by atoms with Gasteiger partial charge in [0.25, 0.3) is 0 Å². The van der Waals surface area contributed by atoms with Crippen molar-refractivity contribution in [2.24, 2.45) is 0 Å². The first kappa shape index (κ1) is 25.4. The standard InChI is InChI=1S/C31H28N4O2S/c1-4-29(38-31-21(19-32)12-16-26(34-31)20-10-14-23(37-3)15-11-20)30(36)33-22-13-17-28-25(18-22)24-8-6-7-9-27(24)35(28)5-2/h6-18,29H,4-5H2,1-3H3,(H,33,36). The molecule has 5 rings (SSSR count). The van der Waals surface area contributed by atoms with Gasteiger partial charge in [0.05, 0.1) is 23.6 Å². The Morgan fingerprint density at radius 2 is 1.79 bits per heavy atom. The molecule has 2 aromatic heterocycles. The number of aryl methyl sites for hydroxylation is 1.